The molecule has 76 valence electrons. The Bertz CT molecular complexity index is 469. The SMILES string of the molecule is Cn1cnc(-c2ccc(C=NN)cc2)n1. The maximum atomic E-state index is 5.05. The van der Waals surface area contributed by atoms with E-state index in [1.165, 1.54) is 0 Å². The molecule has 0 aliphatic rings. The highest BCUT2D eigenvalue weighted by molar-refractivity contribution is 5.80. The van der Waals surface area contributed by atoms with Gasteiger partial charge in [0, 0.05) is 12.6 Å². The van der Waals surface area contributed by atoms with E-state index in [2.05, 4.69) is 15.2 Å². The van der Waals surface area contributed by atoms with E-state index in [-0.39, 0.29) is 0 Å². The second-order valence-corrected chi connectivity index (χ2v) is 3.14. The van der Waals surface area contributed by atoms with Crippen LogP contribution in [0, 0.1) is 0 Å². The highest BCUT2D eigenvalue weighted by Crippen LogP contribution is 2.13. The van der Waals surface area contributed by atoms with Crippen LogP contribution in [0.3, 0.4) is 0 Å². The Morgan fingerprint density at radius 2 is 2.07 bits per heavy atom. The van der Waals surface area contributed by atoms with Crippen molar-refractivity contribution >= 4 is 6.21 Å². The van der Waals surface area contributed by atoms with Crippen LogP contribution in [0.4, 0.5) is 0 Å². The molecule has 0 aliphatic heterocycles. The predicted octanol–water partition coefficient (Wildman–Crippen LogP) is 0.775. The first-order valence-electron chi connectivity index (χ1n) is 4.49. The van der Waals surface area contributed by atoms with E-state index in [1.54, 1.807) is 17.2 Å². The van der Waals surface area contributed by atoms with Crippen molar-refractivity contribution < 1.29 is 0 Å². The minimum Gasteiger partial charge on any atom is -0.323 e. The predicted molar refractivity (Wildman–Crippen MR) is 58.2 cm³/mol. The fourth-order valence-electron chi connectivity index (χ4n) is 1.28. The third-order valence-electron chi connectivity index (χ3n) is 1.99. The molecule has 0 atom stereocenters. The van der Waals surface area contributed by atoms with Gasteiger partial charge in [-0.2, -0.15) is 10.2 Å². The summed E-state index contributed by atoms with van der Waals surface area (Å²) in [6, 6.07) is 7.71. The lowest BCUT2D eigenvalue weighted by Crippen LogP contribution is -1.89. The Kier molecular flexibility index (Phi) is 2.45. The Morgan fingerprint density at radius 3 is 2.60 bits per heavy atom. The maximum absolute atomic E-state index is 5.05. The van der Waals surface area contributed by atoms with Gasteiger partial charge >= 0.3 is 0 Å². The summed E-state index contributed by atoms with van der Waals surface area (Å²) in [4.78, 5) is 4.16. The van der Waals surface area contributed by atoms with Gasteiger partial charge in [0.05, 0.1) is 6.21 Å². The molecule has 0 fully saturated rings. The van der Waals surface area contributed by atoms with Crippen LogP contribution >= 0.6 is 0 Å². The molecule has 0 saturated heterocycles. The van der Waals surface area contributed by atoms with Gasteiger partial charge in [0.25, 0.3) is 0 Å². The second-order valence-electron chi connectivity index (χ2n) is 3.14. The topological polar surface area (TPSA) is 69.1 Å². The molecule has 0 saturated carbocycles. The third-order valence-corrected chi connectivity index (χ3v) is 1.99. The molecule has 2 rings (SSSR count). The largest absolute Gasteiger partial charge is 0.323 e. The third kappa shape index (κ3) is 2.01. The van der Waals surface area contributed by atoms with Crippen LogP contribution in [-0.2, 0) is 7.05 Å². The van der Waals surface area contributed by atoms with Crippen LogP contribution < -0.4 is 5.84 Å². The number of aromatic nitrogens is 3. The Balaban J connectivity index is 2.31. The zero-order valence-electron chi connectivity index (χ0n) is 8.33. The van der Waals surface area contributed by atoms with Crippen molar-refractivity contribution in [2.45, 2.75) is 0 Å². The molecular weight excluding hydrogens is 190 g/mol. The summed E-state index contributed by atoms with van der Waals surface area (Å²) in [5.41, 5.74) is 1.93. The van der Waals surface area contributed by atoms with E-state index in [1.807, 2.05) is 31.3 Å². The van der Waals surface area contributed by atoms with Gasteiger partial charge in [0.15, 0.2) is 5.82 Å². The quantitative estimate of drug-likeness (QED) is 0.443. The molecular formula is C10H11N5. The van der Waals surface area contributed by atoms with Crippen LogP contribution in [0.2, 0.25) is 0 Å². The maximum Gasteiger partial charge on any atom is 0.181 e. The molecule has 1 aromatic carbocycles. The monoisotopic (exact) mass is 201 g/mol. The zero-order chi connectivity index (χ0) is 10.7. The minimum atomic E-state index is 0.716. The Morgan fingerprint density at radius 1 is 1.33 bits per heavy atom. The normalized spacial score (nSPS) is 11.0. The standard InChI is InChI=1S/C10H11N5/c1-15-7-12-10(14-15)9-4-2-8(3-5-9)6-13-11/h2-7H,11H2,1H3. The van der Waals surface area contributed by atoms with Crippen molar-refractivity contribution in [2.24, 2.45) is 18.0 Å². The van der Waals surface area contributed by atoms with Crippen molar-refractivity contribution in [1.29, 1.82) is 0 Å². The molecule has 5 heteroatoms. The number of nitrogens with two attached hydrogens (primary N) is 1. The summed E-state index contributed by atoms with van der Waals surface area (Å²) >= 11 is 0. The fraction of sp³-hybridized carbons (Fsp3) is 0.100. The van der Waals surface area contributed by atoms with Gasteiger partial charge in [-0.3, -0.25) is 4.68 Å². The number of rotatable bonds is 2. The fourth-order valence-corrected chi connectivity index (χ4v) is 1.28. The molecule has 0 unspecified atom stereocenters. The zero-order valence-corrected chi connectivity index (χ0v) is 8.33. The summed E-state index contributed by atoms with van der Waals surface area (Å²) < 4.78 is 1.67. The number of benzene rings is 1. The molecule has 0 bridgehead atoms. The number of nitrogens with zero attached hydrogens (tertiary/aromatic N) is 4. The van der Waals surface area contributed by atoms with Gasteiger partial charge in [-0.25, -0.2) is 4.98 Å². The molecule has 0 amide bonds. The van der Waals surface area contributed by atoms with Gasteiger partial charge < -0.3 is 5.84 Å². The second kappa shape index (κ2) is 3.91. The lowest BCUT2D eigenvalue weighted by molar-refractivity contribution is 0.768. The highest BCUT2D eigenvalue weighted by atomic mass is 15.3. The molecule has 0 radical (unpaired) electrons. The van der Waals surface area contributed by atoms with E-state index < -0.39 is 0 Å². The smallest absolute Gasteiger partial charge is 0.181 e. The average molecular weight is 201 g/mol. The van der Waals surface area contributed by atoms with Crippen LogP contribution in [0.25, 0.3) is 11.4 Å². The number of hydrogen-bond donors (Lipinski definition) is 1. The van der Waals surface area contributed by atoms with Crippen molar-refractivity contribution in [3.8, 4) is 11.4 Å². The van der Waals surface area contributed by atoms with Crippen molar-refractivity contribution in [3.63, 3.8) is 0 Å². The van der Waals surface area contributed by atoms with Crippen LogP contribution in [-0.4, -0.2) is 21.0 Å². The van der Waals surface area contributed by atoms with Crippen molar-refractivity contribution in [3.05, 3.63) is 36.2 Å². The summed E-state index contributed by atoms with van der Waals surface area (Å²) in [5.74, 6) is 5.77. The molecule has 2 aromatic rings. The van der Waals surface area contributed by atoms with Crippen LogP contribution in [0.1, 0.15) is 5.56 Å². The average Bonchev–Trinajstić information content (AvgIpc) is 2.67. The van der Waals surface area contributed by atoms with Gasteiger partial charge in [0.2, 0.25) is 0 Å². The lowest BCUT2D eigenvalue weighted by Gasteiger charge is -1.95. The molecule has 1 heterocycles. The molecule has 2 N–H and O–H groups in total. The molecule has 0 spiro atoms. The lowest BCUT2D eigenvalue weighted by atomic mass is 10.1. The number of hydrogen-bond acceptors (Lipinski definition) is 4. The first kappa shape index (κ1) is 9.39. The van der Waals surface area contributed by atoms with Gasteiger partial charge in [-0.05, 0) is 5.56 Å². The molecule has 0 aliphatic carbocycles. The molecule has 15 heavy (non-hydrogen) atoms. The number of hydrazone groups is 1. The van der Waals surface area contributed by atoms with Crippen molar-refractivity contribution in [2.75, 3.05) is 0 Å². The van der Waals surface area contributed by atoms with E-state index >= 15 is 0 Å². The summed E-state index contributed by atoms with van der Waals surface area (Å²) in [7, 11) is 1.84. The summed E-state index contributed by atoms with van der Waals surface area (Å²) in [6.45, 7) is 0. The van der Waals surface area contributed by atoms with E-state index in [4.69, 9.17) is 5.84 Å². The van der Waals surface area contributed by atoms with Gasteiger partial charge in [-0.1, -0.05) is 24.3 Å². The van der Waals surface area contributed by atoms with Gasteiger partial charge in [-0.15, -0.1) is 0 Å². The Labute approximate surface area is 87.3 Å². The van der Waals surface area contributed by atoms with Crippen LogP contribution in [0.5, 0.6) is 0 Å². The van der Waals surface area contributed by atoms with E-state index in [9.17, 15) is 0 Å². The first-order valence-corrected chi connectivity index (χ1v) is 4.49. The summed E-state index contributed by atoms with van der Waals surface area (Å²) in [6.07, 6.45) is 3.26. The van der Waals surface area contributed by atoms with Crippen LogP contribution in [0.15, 0.2) is 35.7 Å². The van der Waals surface area contributed by atoms with E-state index in [0.717, 1.165) is 11.1 Å². The van der Waals surface area contributed by atoms with Gasteiger partial charge in [0.1, 0.15) is 6.33 Å². The Hall–Kier alpha value is -2.17. The highest BCUT2D eigenvalue weighted by Gasteiger charge is 2.01. The first-order chi connectivity index (χ1) is 7.29. The molecule has 1 aromatic heterocycles. The minimum absolute atomic E-state index is 0.716. The van der Waals surface area contributed by atoms with E-state index in [0.29, 0.717) is 5.82 Å². The summed E-state index contributed by atoms with van der Waals surface area (Å²) in [5, 5.41) is 7.66. The van der Waals surface area contributed by atoms with Crippen molar-refractivity contribution in [1.82, 2.24) is 14.8 Å². The molecule has 5 nitrogen and oxygen atoms in total. The number of aryl methyl sites for hydroxylation is 1.